The number of nitrogens with zero attached hydrogens (tertiary/aromatic N) is 2. The number of benzene rings is 2. The van der Waals surface area contributed by atoms with Gasteiger partial charge < -0.3 is 4.90 Å². The lowest BCUT2D eigenvalue weighted by atomic mass is 9.59. The summed E-state index contributed by atoms with van der Waals surface area (Å²) >= 11 is 0. The normalized spacial score (nSPS) is 29.4. The van der Waals surface area contributed by atoms with E-state index in [2.05, 4.69) is 79.2 Å². The monoisotopic (exact) mass is 374 g/mol. The number of fused-ring (bicyclic) bond motifs is 4. The van der Waals surface area contributed by atoms with Gasteiger partial charge in [-0.05, 0) is 78.3 Å². The van der Waals surface area contributed by atoms with Gasteiger partial charge in [0.2, 0.25) is 0 Å². The van der Waals surface area contributed by atoms with Crippen LogP contribution in [0.25, 0.3) is 0 Å². The zero-order valence-electron chi connectivity index (χ0n) is 17.7. The van der Waals surface area contributed by atoms with E-state index in [0.717, 1.165) is 24.4 Å². The van der Waals surface area contributed by atoms with Gasteiger partial charge in [-0.1, -0.05) is 50.2 Å². The Morgan fingerprint density at radius 2 is 1.89 bits per heavy atom. The Kier molecular flexibility index (Phi) is 4.50. The van der Waals surface area contributed by atoms with Crippen molar-refractivity contribution in [3.63, 3.8) is 0 Å². The van der Waals surface area contributed by atoms with Crippen molar-refractivity contribution in [1.82, 2.24) is 4.90 Å². The lowest BCUT2D eigenvalue weighted by Gasteiger charge is -2.55. The summed E-state index contributed by atoms with van der Waals surface area (Å²) in [6.45, 7) is 8.65. The molecule has 2 fully saturated rings. The molecule has 2 heteroatoms. The van der Waals surface area contributed by atoms with Crippen LogP contribution in [0.2, 0.25) is 0 Å². The Bertz CT molecular complexity index is 841. The van der Waals surface area contributed by atoms with E-state index in [1.54, 1.807) is 11.1 Å². The van der Waals surface area contributed by atoms with E-state index >= 15 is 0 Å². The van der Waals surface area contributed by atoms with Gasteiger partial charge in [0.05, 0.1) is 0 Å². The zero-order chi connectivity index (χ0) is 19.3. The maximum Gasteiger partial charge on any atom is 0.0426 e. The molecule has 2 bridgehead atoms. The van der Waals surface area contributed by atoms with Crippen molar-refractivity contribution >= 4 is 5.69 Å². The molecule has 0 spiro atoms. The summed E-state index contributed by atoms with van der Waals surface area (Å²) in [6.07, 6.45) is 5.46. The molecule has 1 saturated heterocycles. The fraction of sp³-hybridized carbons (Fsp3) is 0.538. The van der Waals surface area contributed by atoms with Gasteiger partial charge in [-0.2, -0.15) is 0 Å². The van der Waals surface area contributed by atoms with Gasteiger partial charge >= 0.3 is 0 Å². The highest BCUT2D eigenvalue weighted by Gasteiger charge is 2.49. The second-order valence-corrected chi connectivity index (χ2v) is 9.85. The summed E-state index contributed by atoms with van der Waals surface area (Å²) in [5, 5.41) is 0. The summed E-state index contributed by atoms with van der Waals surface area (Å²) in [5.41, 5.74) is 6.27. The first kappa shape index (κ1) is 18.2. The van der Waals surface area contributed by atoms with Gasteiger partial charge in [0, 0.05) is 31.9 Å². The van der Waals surface area contributed by atoms with Gasteiger partial charge in [0.15, 0.2) is 0 Å². The number of piperidine rings is 1. The molecule has 2 aliphatic carbocycles. The lowest BCUT2D eigenvalue weighted by Crippen LogP contribution is -2.58. The van der Waals surface area contributed by atoms with Crippen LogP contribution in [0.3, 0.4) is 0 Å². The molecule has 2 nitrogen and oxygen atoms in total. The number of likely N-dealkylation sites (tertiary alicyclic amines) is 1. The molecule has 0 amide bonds. The van der Waals surface area contributed by atoms with Crippen LogP contribution in [0.5, 0.6) is 0 Å². The number of rotatable bonds is 5. The minimum absolute atomic E-state index is 0.321. The first-order valence-corrected chi connectivity index (χ1v) is 11.2. The fourth-order valence-corrected chi connectivity index (χ4v) is 5.74. The molecule has 5 rings (SSSR count). The van der Waals surface area contributed by atoms with Crippen molar-refractivity contribution in [3.05, 3.63) is 65.2 Å². The molecule has 1 heterocycles. The number of anilines is 1. The molecule has 2 aromatic carbocycles. The fourth-order valence-electron chi connectivity index (χ4n) is 5.74. The molecule has 0 aromatic heterocycles. The highest BCUT2D eigenvalue weighted by molar-refractivity contribution is 5.54. The molecule has 148 valence electrons. The molecule has 0 N–H and O–H groups in total. The third kappa shape index (κ3) is 3.16. The maximum absolute atomic E-state index is 2.84. The van der Waals surface area contributed by atoms with Crippen molar-refractivity contribution in [3.8, 4) is 0 Å². The molecule has 2 aromatic rings. The third-order valence-electron chi connectivity index (χ3n) is 8.00. The van der Waals surface area contributed by atoms with E-state index in [0.29, 0.717) is 5.41 Å². The second kappa shape index (κ2) is 6.91. The van der Waals surface area contributed by atoms with Crippen molar-refractivity contribution in [2.75, 3.05) is 25.0 Å². The predicted molar refractivity (Wildman–Crippen MR) is 118 cm³/mol. The summed E-state index contributed by atoms with van der Waals surface area (Å²) in [4.78, 5) is 5.24. The quantitative estimate of drug-likeness (QED) is 0.704. The van der Waals surface area contributed by atoms with Gasteiger partial charge in [0.1, 0.15) is 0 Å². The Balaban J connectivity index is 1.42. The topological polar surface area (TPSA) is 6.48 Å². The van der Waals surface area contributed by atoms with Crippen molar-refractivity contribution < 1.29 is 0 Å². The highest BCUT2D eigenvalue weighted by Crippen LogP contribution is 2.50. The molecule has 28 heavy (non-hydrogen) atoms. The largest absolute Gasteiger partial charge is 0.370 e. The smallest absolute Gasteiger partial charge is 0.0426 e. The predicted octanol–water partition coefficient (Wildman–Crippen LogP) is 5.26. The molecular weight excluding hydrogens is 340 g/mol. The third-order valence-corrected chi connectivity index (χ3v) is 8.00. The first-order chi connectivity index (χ1) is 13.5. The van der Waals surface area contributed by atoms with Gasteiger partial charge in [-0.3, -0.25) is 4.90 Å². The molecule has 0 unspecified atom stereocenters. The van der Waals surface area contributed by atoms with Crippen LogP contribution in [0, 0.1) is 11.8 Å². The molecule has 0 radical (unpaired) electrons. The average molecular weight is 375 g/mol. The van der Waals surface area contributed by atoms with E-state index in [1.807, 2.05) is 0 Å². The standard InChI is InChI=1S/C26H34N2/c1-19-25-15-22-11-12-23(27(3)17-20-7-5-4-6-8-20)16-24(22)26(19,2)13-14-28(25)18-21-9-10-21/h4-8,11-12,16,19,21,25H,9-10,13-15,17-18H2,1-3H3/t19-,25+,26+/m0/s1. The van der Waals surface area contributed by atoms with E-state index in [9.17, 15) is 0 Å². The van der Waals surface area contributed by atoms with Crippen LogP contribution < -0.4 is 4.90 Å². The second-order valence-electron chi connectivity index (χ2n) is 9.85. The van der Waals surface area contributed by atoms with Crippen LogP contribution in [0.4, 0.5) is 5.69 Å². The molecule has 3 aliphatic rings. The summed E-state index contributed by atoms with van der Waals surface area (Å²) in [7, 11) is 2.23. The van der Waals surface area contributed by atoms with E-state index in [4.69, 9.17) is 0 Å². The Labute approximate surface area is 170 Å². The Morgan fingerprint density at radius 1 is 1.11 bits per heavy atom. The van der Waals surface area contributed by atoms with E-state index in [-0.39, 0.29) is 0 Å². The number of hydrogen-bond acceptors (Lipinski definition) is 2. The van der Waals surface area contributed by atoms with Crippen LogP contribution >= 0.6 is 0 Å². The maximum atomic E-state index is 2.84. The summed E-state index contributed by atoms with van der Waals surface area (Å²) in [5.74, 6) is 1.73. The minimum atomic E-state index is 0.321. The van der Waals surface area contributed by atoms with E-state index in [1.165, 1.54) is 50.0 Å². The van der Waals surface area contributed by atoms with Crippen LogP contribution in [0.15, 0.2) is 48.5 Å². The average Bonchev–Trinajstić information content (AvgIpc) is 3.52. The van der Waals surface area contributed by atoms with Gasteiger partial charge in [-0.25, -0.2) is 0 Å². The summed E-state index contributed by atoms with van der Waals surface area (Å²) < 4.78 is 0. The van der Waals surface area contributed by atoms with Gasteiger partial charge in [-0.15, -0.1) is 0 Å². The SMILES string of the molecule is C[C@H]1[C@H]2Cc3ccc(N(C)Cc4ccccc4)cc3[C@]1(C)CCN2CC1CC1. The molecule has 1 saturated carbocycles. The highest BCUT2D eigenvalue weighted by atomic mass is 15.2. The first-order valence-electron chi connectivity index (χ1n) is 11.2. The van der Waals surface area contributed by atoms with Crippen molar-refractivity contribution in [2.45, 2.75) is 57.5 Å². The zero-order valence-corrected chi connectivity index (χ0v) is 17.7. The molecule has 3 atom stereocenters. The van der Waals surface area contributed by atoms with E-state index < -0.39 is 0 Å². The minimum Gasteiger partial charge on any atom is -0.370 e. The van der Waals surface area contributed by atoms with Crippen molar-refractivity contribution in [1.29, 1.82) is 0 Å². The van der Waals surface area contributed by atoms with Gasteiger partial charge in [0.25, 0.3) is 0 Å². The van der Waals surface area contributed by atoms with Crippen molar-refractivity contribution in [2.24, 2.45) is 11.8 Å². The lowest BCUT2D eigenvalue weighted by molar-refractivity contribution is 0.0284. The van der Waals surface area contributed by atoms with Crippen LogP contribution in [0.1, 0.15) is 49.8 Å². The van der Waals surface area contributed by atoms with Crippen LogP contribution in [-0.4, -0.2) is 31.1 Å². The Morgan fingerprint density at radius 3 is 2.64 bits per heavy atom. The Hall–Kier alpha value is -1.80. The number of hydrogen-bond donors (Lipinski definition) is 0. The van der Waals surface area contributed by atoms with Crippen LogP contribution in [-0.2, 0) is 18.4 Å². The molecule has 1 aliphatic heterocycles. The molecular formula is C26H34N2. The summed E-state index contributed by atoms with van der Waals surface area (Å²) in [6, 6.07) is 18.8.